The minimum atomic E-state index is -0.276. The molecule has 0 unspecified atom stereocenters. The van der Waals surface area contributed by atoms with Crippen LogP contribution in [0.1, 0.15) is 16.1 Å². The maximum atomic E-state index is 12.6. The van der Waals surface area contributed by atoms with Crippen molar-refractivity contribution in [2.45, 2.75) is 6.92 Å². The van der Waals surface area contributed by atoms with E-state index in [0.29, 0.717) is 27.0 Å². The normalized spacial score (nSPS) is 10.7. The lowest BCUT2D eigenvalue weighted by molar-refractivity contribution is 0.102. The third kappa shape index (κ3) is 3.16. The number of hydrogen-bond donors (Lipinski definition) is 1. The van der Waals surface area contributed by atoms with Gasteiger partial charge in [0.2, 0.25) is 0 Å². The van der Waals surface area contributed by atoms with Crippen molar-refractivity contribution >= 4 is 34.8 Å². The van der Waals surface area contributed by atoms with Crippen LogP contribution in [0.2, 0.25) is 10.0 Å². The van der Waals surface area contributed by atoms with E-state index in [1.807, 2.05) is 36.4 Å². The van der Waals surface area contributed by atoms with Crippen LogP contribution < -0.4 is 5.32 Å². The zero-order chi connectivity index (χ0) is 17.3. The summed E-state index contributed by atoms with van der Waals surface area (Å²) in [6.45, 7) is 1.78. The molecule has 3 rings (SSSR count). The highest BCUT2D eigenvalue weighted by Crippen LogP contribution is 2.38. The number of nitrogens with one attached hydrogen (secondary N) is 1. The van der Waals surface area contributed by atoms with Gasteiger partial charge in [-0.25, -0.2) is 0 Å². The number of hydrogen-bond acceptors (Lipinski definition) is 2. The Labute approximate surface area is 150 Å². The van der Waals surface area contributed by atoms with Gasteiger partial charge in [0.1, 0.15) is 0 Å². The van der Waals surface area contributed by atoms with Crippen molar-refractivity contribution < 1.29 is 4.79 Å². The predicted octanol–water partition coefficient (Wildman–Crippen LogP) is 4.95. The topological polar surface area (TPSA) is 46.9 Å². The van der Waals surface area contributed by atoms with Gasteiger partial charge in [-0.15, -0.1) is 0 Å². The van der Waals surface area contributed by atoms with Gasteiger partial charge in [0, 0.05) is 18.8 Å². The molecule has 1 amide bonds. The van der Waals surface area contributed by atoms with Crippen LogP contribution in [0.15, 0.2) is 48.7 Å². The molecule has 0 aliphatic carbocycles. The molecule has 2 aromatic carbocycles. The van der Waals surface area contributed by atoms with Crippen molar-refractivity contribution in [2.24, 2.45) is 7.05 Å². The number of aromatic nitrogens is 2. The predicted molar refractivity (Wildman–Crippen MR) is 97.8 cm³/mol. The lowest BCUT2D eigenvalue weighted by Gasteiger charge is -2.14. The molecular formula is C18H15Cl2N3O. The quantitative estimate of drug-likeness (QED) is 0.718. The molecule has 0 atom stereocenters. The van der Waals surface area contributed by atoms with Crippen LogP contribution in [0.3, 0.4) is 0 Å². The van der Waals surface area contributed by atoms with Crippen molar-refractivity contribution in [2.75, 3.05) is 5.32 Å². The van der Waals surface area contributed by atoms with Gasteiger partial charge < -0.3 is 5.32 Å². The van der Waals surface area contributed by atoms with Crippen LogP contribution in [0.5, 0.6) is 0 Å². The second-order valence-electron chi connectivity index (χ2n) is 5.41. The summed E-state index contributed by atoms with van der Waals surface area (Å²) >= 11 is 12.5. The standard InChI is InChI=1S/C18H15Cl2N3O/c1-11-14(10-23(2)22-11)18(24)21-17-13(8-9-15(19)16(17)20)12-6-4-3-5-7-12/h3-10H,1-2H3,(H,21,24). The van der Waals surface area contributed by atoms with E-state index in [2.05, 4.69) is 10.4 Å². The molecule has 1 N–H and O–H groups in total. The second-order valence-corrected chi connectivity index (χ2v) is 6.19. The summed E-state index contributed by atoms with van der Waals surface area (Å²) in [5.74, 6) is -0.276. The maximum absolute atomic E-state index is 12.6. The summed E-state index contributed by atoms with van der Waals surface area (Å²) < 4.78 is 1.60. The average Bonchev–Trinajstić information content (AvgIpc) is 2.91. The van der Waals surface area contributed by atoms with Gasteiger partial charge in [-0.05, 0) is 18.6 Å². The molecular weight excluding hydrogens is 345 g/mol. The lowest BCUT2D eigenvalue weighted by atomic mass is 10.0. The number of aryl methyl sites for hydroxylation is 2. The molecule has 0 aliphatic heterocycles. The van der Waals surface area contributed by atoms with Gasteiger partial charge in [-0.3, -0.25) is 9.48 Å². The van der Waals surface area contributed by atoms with Crippen LogP contribution in [-0.2, 0) is 7.05 Å². The number of rotatable bonds is 3. The molecule has 24 heavy (non-hydrogen) atoms. The molecule has 3 aromatic rings. The Balaban J connectivity index is 2.05. The minimum Gasteiger partial charge on any atom is -0.320 e. The Morgan fingerprint density at radius 3 is 2.46 bits per heavy atom. The zero-order valence-corrected chi connectivity index (χ0v) is 14.7. The molecule has 1 aromatic heterocycles. The minimum absolute atomic E-state index is 0.276. The number of anilines is 1. The van der Waals surface area contributed by atoms with Gasteiger partial charge in [0.05, 0.1) is 27.0 Å². The summed E-state index contributed by atoms with van der Waals surface area (Å²) in [4.78, 5) is 12.6. The van der Waals surface area contributed by atoms with E-state index < -0.39 is 0 Å². The molecule has 0 fully saturated rings. The van der Waals surface area contributed by atoms with E-state index in [0.717, 1.165) is 11.1 Å². The van der Waals surface area contributed by atoms with Crippen LogP contribution in [0.4, 0.5) is 5.69 Å². The largest absolute Gasteiger partial charge is 0.320 e. The van der Waals surface area contributed by atoms with Crippen LogP contribution in [-0.4, -0.2) is 15.7 Å². The SMILES string of the molecule is Cc1nn(C)cc1C(=O)Nc1c(-c2ccccc2)ccc(Cl)c1Cl. The zero-order valence-electron chi connectivity index (χ0n) is 13.2. The van der Waals surface area contributed by atoms with Crippen molar-refractivity contribution in [3.8, 4) is 11.1 Å². The van der Waals surface area contributed by atoms with Crippen molar-refractivity contribution in [1.29, 1.82) is 0 Å². The van der Waals surface area contributed by atoms with E-state index in [4.69, 9.17) is 23.2 Å². The van der Waals surface area contributed by atoms with E-state index >= 15 is 0 Å². The molecule has 1 heterocycles. The number of carbonyl (C=O) groups is 1. The van der Waals surface area contributed by atoms with Crippen molar-refractivity contribution in [3.05, 3.63) is 70.0 Å². The molecule has 0 radical (unpaired) electrons. The Morgan fingerprint density at radius 2 is 1.83 bits per heavy atom. The monoisotopic (exact) mass is 359 g/mol. The van der Waals surface area contributed by atoms with Crippen LogP contribution >= 0.6 is 23.2 Å². The maximum Gasteiger partial charge on any atom is 0.259 e. The number of halogens is 2. The van der Waals surface area contributed by atoms with E-state index in [1.165, 1.54) is 0 Å². The van der Waals surface area contributed by atoms with E-state index in [9.17, 15) is 4.79 Å². The van der Waals surface area contributed by atoms with Gasteiger partial charge in [0.15, 0.2) is 0 Å². The fourth-order valence-corrected chi connectivity index (χ4v) is 2.90. The lowest BCUT2D eigenvalue weighted by Crippen LogP contribution is -2.13. The molecule has 0 spiro atoms. The Bertz CT molecular complexity index is 904. The summed E-state index contributed by atoms with van der Waals surface area (Å²) in [5, 5.41) is 7.77. The first-order valence-electron chi connectivity index (χ1n) is 7.32. The molecule has 122 valence electrons. The third-order valence-corrected chi connectivity index (χ3v) is 4.48. The molecule has 4 nitrogen and oxygen atoms in total. The van der Waals surface area contributed by atoms with Gasteiger partial charge in [0.25, 0.3) is 5.91 Å². The van der Waals surface area contributed by atoms with E-state index in [1.54, 1.807) is 30.9 Å². The second kappa shape index (κ2) is 6.67. The number of carbonyl (C=O) groups excluding carboxylic acids is 1. The van der Waals surface area contributed by atoms with Gasteiger partial charge in [-0.2, -0.15) is 5.10 Å². The van der Waals surface area contributed by atoms with Crippen molar-refractivity contribution in [1.82, 2.24) is 9.78 Å². The molecule has 6 heteroatoms. The van der Waals surface area contributed by atoms with Crippen molar-refractivity contribution in [3.63, 3.8) is 0 Å². The summed E-state index contributed by atoms with van der Waals surface area (Å²) in [6.07, 6.45) is 1.67. The Morgan fingerprint density at radius 1 is 1.12 bits per heavy atom. The Hall–Kier alpha value is -2.30. The highest BCUT2D eigenvalue weighted by molar-refractivity contribution is 6.44. The smallest absolute Gasteiger partial charge is 0.259 e. The average molecular weight is 360 g/mol. The van der Waals surface area contributed by atoms with Crippen LogP contribution in [0.25, 0.3) is 11.1 Å². The highest BCUT2D eigenvalue weighted by atomic mass is 35.5. The third-order valence-electron chi connectivity index (χ3n) is 3.68. The summed E-state index contributed by atoms with van der Waals surface area (Å²) in [7, 11) is 1.77. The van der Waals surface area contributed by atoms with Gasteiger partial charge >= 0.3 is 0 Å². The Kier molecular flexibility index (Phi) is 4.60. The summed E-state index contributed by atoms with van der Waals surface area (Å²) in [5.41, 5.74) is 3.37. The van der Waals surface area contributed by atoms with E-state index in [-0.39, 0.29) is 5.91 Å². The van der Waals surface area contributed by atoms with Crippen LogP contribution in [0, 0.1) is 6.92 Å². The first-order chi connectivity index (χ1) is 11.5. The molecule has 0 saturated carbocycles. The number of amides is 1. The molecule has 0 aliphatic rings. The van der Waals surface area contributed by atoms with Gasteiger partial charge in [-0.1, -0.05) is 59.6 Å². The fraction of sp³-hybridized carbons (Fsp3) is 0.111. The summed E-state index contributed by atoms with van der Waals surface area (Å²) in [6, 6.07) is 13.2. The highest BCUT2D eigenvalue weighted by Gasteiger charge is 2.18. The molecule has 0 saturated heterocycles. The fourth-order valence-electron chi connectivity index (χ4n) is 2.53. The molecule has 0 bridgehead atoms. The first-order valence-corrected chi connectivity index (χ1v) is 8.08. The number of nitrogens with zero attached hydrogens (tertiary/aromatic N) is 2. The number of benzene rings is 2. The first kappa shape index (κ1) is 16.6.